The molecule has 3 heterocycles. The summed E-state index contributed by atoms with van der Waals surface area (Å²) in [6.07, 6.45) is 0. The molecule has 8 nitrogen and oxygen atoms in total. The third-order valence-electron chi connectivity index (χ3n) is 5.13. The van der Waals surface area contributed by atoms with Crippen LogP contribution in [0.15, 0.2) is 27.1 Å². The summed E-state index contributed by atoms with van der Waals surface area (Å²) in [6, 6.07) is 5.61. The maximum atomic E-state index is 5.97. The molecule has 0 N–H and O–H groups in total. The van der Waals surface area contributed by atoms with Crippen molar-refractivity contribution in [2.75, 3.05) is 13.2 Å². The Kier molecular flexibility index (Phi) is 3.13. The van der Waals surface area contributed by atoms with E-state index in [2.05, 4.69) is 34.2 Å². The molecule has 2 aromatic heterocycles. The van der Waals surface area contributed by atoms with Gasteiger partial charge in [-0.15, -0.1) is 10.2 Å². The van der Waals surface area contributed by atoms with Gasteiger partial charge in [-0.25, -0.2) is 0 Å². The molecule has 2 atom stereocenters. The van der Waals surface area contributed by atoms with Crippen molar-refractivity contribution in [3.05, 3.63) is 35.8 Å². The molecule has 0 bridgehead atoms. The molecule has 0 radical (unpaired) electrons. The molecule has 0 saturated heterocycles. The molecule has 3 aromatic rings. The first-order chi connectivity index (χ1) is 12.5. The number of fused-ring (bicyclic) bond motifs is 1. The van der Waals surface area contributed by atoms with E-state index in [9.17, 15) is 0 Å². The molecular formula is C18H18N4O4. The van der Waals surface area contributed by atoms with E-state index in [4.69, 9.17) is 18.4 Å². The first kappa shape index (κ1) is 15.4. The highest BCUT2D eigenvalue weighted by Gasteiger charge is 2.64. The van der Waals surface area contributed by atoms with Crippen LogP contribution in [-0.2, 0) is 0 Å². The van der Waals surface area contributed by atoms with E-state index in [1.165, 1.54) is 0 Å². The Morgan fingerprint density at radius 1 is 1.00 bits per heavy atom. The number of hydrogen-bond donors (Lipinski definition) is 0. The van der Waals surface area contributed by atoms with Gasteiger partial charge in [-0.3, -0.25) is 0 Å². The second-order valence-corrected chi connectivity index (χ2v) is 7.26. The lowest BCUT2D eigenvalue weighted by atomic mass is 10.1. The Labute approximate surface area is 149 Å². The van der Waals surface area contributed by atoms with Gasteiger partial charge in [0.1, 0.15) is 13.2 Å². The monoisotopic (exact) mass is 354 g/mol. The van der Waals surface area contributed by atoms with Gasteiger partial charge >= 0.3 is 0 Å². The molecule has 0 amide bonds. The summed E-state index contributed by atoms with van der Waals surface area (Å²) in [6.45, 7) is 7.17. The maximum Gasteiger partial charge on any atom is 0.247 e. The van der Waals surface area contributed by atoms with Crippen LogP contribution in [0.2, 0.25) is 0 Å². The van der Waals surface area contributed by atoms with Crippen molar-refractivity contribution in [3.8, 4) is 23.0 Å². The minimum atomic E-state index is -0.0738. The van der Waals surface area contributed by atoms with Crippen LogP contribution in [-0.4, -0.2) is 33.6 Å². The lowest BCUT2D eigenvalue weighted by Crippen LogP contribution is -2.15. The van der Waals surface area contributed by atoms with Crippen molar-refractivity contribution in [3.63, 3.8) is 0 Å². The first-order valence-electron chi connectivity index (χ1n) is 8.57. The van der Waals surface area contributed by atoms with Gasteiger partial charge in [0.2, 0.25) is 17.7 Å². The Morgan fingerprint density at radius 2 is 1.77 bits per heavy atom. The van der Waals surface area contributed by atoms with Crippen molar-refractivity contribution in [1.29, 1.82) is 0 Å². The number of nitrogens with zero attached hydrogens (tertiary/aromatic N) is 4. The molecule has 1 aliphatic heterocycles. The summed E-state index contributed by atoms with van der Waals surface area (Å²) in [4.78, 5) is 4.36. The lowest BCUT2D eigenvalue weighted by molar-refractivity contribution is 0.171. The molecular weight excluding hydrogens is 336 g/mol. The van der Waals surface area contributed by atoms with E-state index < -0.39 is 0 Å². The summed E-state index contributed by atoms with van der Waals surface area (Å²) < 4.78 is 22.5. The molecule has 0 spiro atoms. The Morgan fingerprint density at radius 3 is 2.54 bits per heavy atom. The van der Waals surface area contributed by atoms with Crippen LogP contribution in [0.4, 0.5) is 0 Å². The zero-order valence-electron chi connectivity index (χ0n) is 14.7. The smallest absolute Gasteiger partial charge is 0.247 e. The molecule has 26 heavy (non-hydrogen) atoms. The zero-order valence-corrected chi connectivity index (χ0v) is 14.7. The molecule has 1 saturated carbocycles. The van der Waals surface area contributed by atoms with E-state index in [1.807, 2.05) is 25.1 Å². The highest BCUT2D eigenvalue weighted by molar-refractivity contribution is 5.60. The van der Waals surface area contributed by atoms with Gasteiger partial charge < -0.3 is 18.4 Å². The number of rotatable bonds is 3. The van der Waals surface area contributed by atoms with Crippen LogP contribution in [0.5, 0.6) is 11.5 Å². The summed E-state index contributed by atoms with van der Waals surface area (Å²) in [7, 11) is 0. The van der Waals surface area contributed by atoms with Crippen LogP contribution in [0.1, 0.15) is 43.3 Å². The summed E-state index contributed by atoms with van der Waals surface area (Å²) >= 11 is 0. The normalized spacial score (nSPS) is 23.0. The van der Waals surface area contributed by atoms with Gasteiger partial charge in [0.15, 0.2) is 17.3 Å². The summed E-state index contributed by atoms with van der Waals surface area (Å²) in [5.41, 5.74) is 0.729. The number of aromatic nitrogens is 4. The van der Waals surface area contributed by atoms with E-state index >= 15 is 0 Å². The first-order valence-corrected chi connectivity index (χ1v) is 8.57. The largest absolute Gasteiger partial charge is 0.486 e. The highest BCUT2D eigenvalue weighted by atomic mass is 16.6. The average Bonchev–Trinajstić information content (AvgIpc) is 3.04. The molecule has 2 aliphatic rings. The van der Waals surface area contributed by atoms with Crippen LogP contribution in [0.3, 0.4) is 0 Å². The number of benzene rings is 1. The van der Waals surface area contributed by atoms with Crippen LogP contribution < -0.4 is 9.47 Å². The highest BCUT2D eigenvalue weighted by Crippen LogP contribution is 2.69. The minimum absolute atomic E-state index is 0.0563. The topological polar surface area (TPSA) is 96.3 Å². The molecule has 1 aliphatic carbocycles. The zero-order chi connectivity index (χ0) is 17.9. The maximum absolute atomic E-state index is 5.97. The minimum Gasteiger partial charge on any atom is -0.486 e. The second kappa shape index (κ2) is 5.30. The predicted octanol–water partition coefficient (Wildman–Crippen LogP) is 3.11. The van der Waals surface area contributed by atoms with E-state index in [-0.39, 0.29) is 17.3 Å². The SMILES string of the molecule is Cc1noc([C@@H]2[C@H](c3nnc(-c4ccc5c(c4)OCCO5)o3)C2(C)C)n1. The lowest BCUT2D eigenvalue weighted by Gasteiger charge is -2.18. The van der Waals surface area contributed by atoms with E-state index in [0.717, 1.165) is 11.3 Å². The third-order valence-corrected chi connectivity index (χ3v) is 5.13. The van der Waals surface area contributed by atoms with Gasteiger partial charge in [0.05, 0.1) is 11.8 Å². The van der Waals surface area contributed by atoms with Crippen molar-refractivity contribution in [1.82, 2.24) is 20.3 Å². The van der Waals surface area contributed by atoms with E-state index in [0.29, 0.717) is 42.5 Å². The van der Waals surface area contributed by atoms with Gasteiger partial charge in [0.25, 0.3) is 0 Å². The van der Waals surface area contributed by atoms with Gasteiger partial charge in [-0.1, -0.05) is 19.0 Å². The Hall–Kier alpha value is -2.90. The molecule has 1 aromatic carbocycles. The predicted molar refractivity (Wildman–Crippen MR) is 89.0 cm³/mol. The van der Waals surface area contributed by atoms with Crippen molar-refractivity contribution >= 4 is 0 Å². The van der Waals surface area contributed by atoms with Crippen molar-refractivity contribution in [2.24, 2.45) is 5.41 Å². The summed E-state index contributed by atoms with van der Waals surface area (Å²) in [5.74, 6) is 3.86. The van der Waals surface area contributed by atoms with Gasteiger partial charge in [-0.2, -0.15) is 4.98 Å². The number of aryl methyl sites for hydroxylation is 1. The molecule has 0 unspecified atom stereocenters. The standard InChI is InChI=1S/C18H18N4O4/c1-9-19-16(26-22-9)13-14(18(13,2)3)17-21-20-15(25-17)10-4-5-11-12(8-10)24-7-6-23-11/h4-5,8,13-14H,6-7H2,1-3H3/t13-,14+/m0/s1. The molecule has 134 valence electrons. The number of ether oxygens (including phenoxy) is 2. The van der Waals surface area contributed by atoms with Crippen molar-refractivity contribution < 1.29 is 18.4 Å². The fourth-order valence-electron chi connectivity index (χ4n) is 3.65. The van der Waals surface area contributed by atoms with Gasteiger partial charge in [0, 0.05) is 5.56 Å². The van der Waals surface area contributed by atoms with E-state index in [1.54, 1.807) is 0 Å². The van der Waals surface area contributed by atoms with Crippen molar-refractivity contribution in [2.45, 2.75) is 32.6 Å². The van der Waals surface area contributed by atoms with Crippen LogP contribution in [0, 0.1) is 12.3 Å². The third kappa shape index (κ3) is 2.28. The Bertz CT molecular complexity index is 977. The quantitative estimate of drug-likeness (QED) is 0.708. The Balaban J connectivity index is 1.44. The number of hydrogen-bond acceptors (Lipinski definition) is 8. The van der Waals surface area contributed by atoms with Crippen LogP contribution in [0.25, 0.3) is 11.5 Å². The fraction of sp³-hybridized carbons (Fsp3) is 0.444. The van der Waals surface area contributed by atoms with Gasteiger partial charge in [-0.05, 0) is 30.5 Å². The van der Waals surface area contributed by atoms with Crippen LogP contribution >= 0.6 is 0 Å². The molecule has 1 fully saturated rings. The molecule has 8 heteroatoms. The summed E-state index contributed by atoms with van der Waals surface area (Å²) in [5, 5.41) is 12.4. The second-order valence-electron chi connectivity index (χ2n) is 7.26. The average molecular weight is 354 g/mol. The fourth-order valence-corrected chi connectivity index (χ4v) is 3.65. The molecule has 5 rings (SSSR count).